The quantitative estimate of drug-likeness (QED) is 0.622. The molecule has 2 aromatic rings. The largest absolute Gasteiger partial charge is 0.340 e. The van der Waals surface area contributed by atoms with Crippen molar-refractivity contribution in [2.75, 3.05) is 39.8 Å². The normalized spacial score (nSPS) is 15.8. The smallest absolute Gasteiger partial charge is 0.227 e. The van der Waals surface area contributed by atoms with Crippen LogP contribution >= 0.6 is 0 Å². The van der Waals surface area contributed by atoms with Crippen LogP contribution in [-0.4, -0.2) is 61.7 Å². The van der Waals surface area contributed by atoms with Gasteiger partial charge in [-0.15, -0.1) is 6.58 Å². The Bertz CT molecular complexity index is 789. The maximum absolute atomic E-state index is 12.7. The van der Waals surface area contributed by atoms with E-state index in [1.807, 2.05) is 29.3 Å². The van der Waals surface area contributed by atoms with Gasteiger partial charge in [-0.25, -0.2) is 0 Å². The Morgan fingerprint density at radius 2 is 1.84 bits per heavy atom. The summed E-state index contributed by atoms with van der Waals surface area (Å²) >= 11 is 0. The number of hydrogen-bond acceptors (Lipinski definition) is 3. The summed E-state index contributed by atoms with van der Waals surface area (Å²) in [6, 6.07) is 12.4. The zero-order chi connectivity index (χ0) is 17.6. The Morgan fingerprint density at radius 1 is 1.12 bits per heavy atom. The minimum Gasteiger partial charge on any atom is -0.340 e. The molecular formula is C21H25N3O. The van der Waals surface area contributed by atoms with Crippen LogP contribution < -0.4 is 0 Å². The molecule has 0 radical (unpaired) electrons. The Hall–Kier alpha value is -2.46. The van der Waals surface area contributed by atoms with Crippen LogP contribution in [0.25, 0.3) is 10.8 Å². The number of amides is 1. The lowest BCUT2D eigenvalue weighted by Crippen LogP contribution is -2.49. The Kier molecular flexibility index (Phi) is 5.61. The van der Waals surface area contributed by atoms with E-state index in [0.717, 1.165) is 54.6 Å². The van der Waals surface area contributed by atoms with Crippen LogP contribution in [0.1, 0.15) is 11.1 Å². The first-order chi connectivity index (χ1) is 12.2. The summed E-state index contributed by atoms with van der Waals surface area (Å²) in [5, 5.41) is 2.28. The molecule has 130 valence electrons. The summed E-state index contributed by atoms with van der Waals surface area (Å²) in [6.07, 6.45) is 4.24. The molecule has 0 aliphatic carbocycles. The zero-order valence-electron chi connectivity index (χ0n) is 14.8. The number of fused-ring (bicyclic) bond motifs is 1. The average Bonchev–Trinajstić information content (AvgIpc) is 2.65. The third-order valence-corrected chi connectivity index (χ3v) is 4.77. The summed E-state index contributed by atoms with van der Waals surface area (Å²) < 4.78 is 0. The van der Waals surface area contributed by atoms with E-state index in [4.69, 9.17) is 0 Å². The molecule has 1 fully saturated rings. The molecule has 1 saturated heterocycles. The Balaban J connectivity index is 1.76. The number of carbonyl (C=O) groups is 1. The molecule has 25 heavy (non-hydrogen) atoms. The molecule has 1 amide bonds. The number of nitrogens with zero attached hydrogens (tertiary/aromatic N) is 3. The molecule has 1 aliphatic rings. The first-order valence-corrected chi connectivity index (χ1v) is 8.76. The van der Waals surface area contributed by atoms with Crippen molar-refractivity contribution in [1.82, 2.24) is 9.80 Å². The summed E-state index contributed by atoms with van der Waals surface area (Å²) in [7, 11) is 1.78. The van der Waals surface area contributed by atoms with Crippen LogP contribution in [0.4, 0.5) is 0 Å². The molecule has 0 bridgehead atoms. The Morgan fingerprint density at radius 3 is 2.52 bits per heavy atom. The van der Waals surface area contributed by atoms with Gasteiger partial charge in [-0.3, -0.25) is 14.7 Å². The fourth-order valence-corrected chi connectivity index (χ4v) is 3.43. The molecule has 3 rings (SSSR count). The maximum Gasteiger partial charge on any atom is 0.227 e. The van der Waals surface area contributed by atoms with E-state index < -0.39 is 0 Å². The Labute approximate surface area is 149 Å². The lowest BCUT2D eigenvalue weighted by Gasteiger charge is -2.34. The number of rotatable bonds is 5. The SMILES string of the molecule is C=CCN1CCN(C(=O)Cc2ccc(C=NC)c3ccccc23)CC1. The number of aliphatic imine (C=N–C) groups is 1. The molecule has 1 aliphatic heterocycles. The predicted octanol–water partition coefficient (Wildman–Crippen LogP) is 2.76. The molecule has 0 N–H and O–H groups in total. The second kappa shape index (κ2) is 8.08. The van der Waals surface area contributed by atoms with E-state index >= 15 is 0 Å². The highest BCUT2D eigenvalue weighted by Crippen LogP contribution is 2.23. The third-order valence-electron chi connectivity index (χ3n) is 4.77. The molecule has 4 nitrogen and oxygen atoms in total. The molecule has 0 atom stereocenters. The van der Waals surface area contributed by atoms with E-state index in [0.29, 0.717) is 6.42 Å². The van der Waals surface area contributed by atoms with Gasteiger partial charge in [0.1, 0.15) is 0 Å². The molecule has 4 heteroatoms. The summed E-state index contributed by atoms with van der Waals surface area (Å²) in [4.78, 5) is 21.2. The van der Waals surface area contributed by atoms with Gasteiger partial charge in [-0.05, 0) is 16.3 Å². The van der Waals surface area contributed by atoms with Crippen molar-refractivity contribution in [3.05, 3.63) is 60.2 Å². The van der Waals surface area contributed by atoms with Crippen LogP contribution in [-0.2, 0) is 11.2 Å². The van der Waals surface area contributed by atoms with Crippen LogP contribution in [0.15, 0.2) is 54.0 Å². The van der Waals surface area contributed by atoms with Gasteiger partial charge in [0.25, 0.3) is 0 Å². The zero-order valence-corrected chi connectivity index (χ0v) is 14.8. The van der Waals surface area contributed by atoms with E-state index in [9.17, 15) is 4.79 Å². The highest BCUT2D eigenvalue weighted by Gasteiger charge is 2.21. The van der Waals surface area contributed by atoms with E-state index in [1.165, 1.54) is 0 Å². The van der Waals surface area contributed by atoms with Crippen LogP contribution in [0.3, 0.4) is 0 Å². The van der Waals surface area contributed by atoms with Crippen molar-refractivity contribution in [1.29, 1.82) is 0 Å². The third kappa shape index (κ3) is 3.97. The summed E-state index contributed by atoms with van der Waals surface area (Å²) in [6.45, 7) is 8.11. The van der Waals surface area contributed by atoms with Crippen LogP contribution in [0, 0.1) is 0 Å². The van der Waals surface area contributed by atoms with Gasteiger partial charge in [0.05, 0.1) is 6.42 Å². The first kappa shape index (κ1) is 17.4. The van der Waals surface area contributed by atoms with Crippen molar-refractivity contribution >= 4 is 22.9 Å². The highest BCUT2D eigenvalue weighted by atomic mass is 16.2. The summed E-state index contributed by atoms with van der Waals surface area (Å²) in [5.74, 6) is 0.209. The lowest BCUT2D eigenvalue weighted by molar-refractivity contribution is -0.132. The van der Waals surface area contributed by atoms with E-state index in [1.54, 1.807) is 7.05 Å². The first-order valence-electron chi connectivity index (χ1n) is 8.76. The molecule has 2 aromatic carbocycles. The minimum atomic E-state index is 0.209. The molecule has 1 heterocycles. The maximum atomic E-state index is 12.7. The van der Waals surface area contributed by atoms with Gasteiger partial charge in [0, 0.05) is 51.5 Å². The topological polar surface area (TPSA) is 35.9 Å². The van der Waals surface area contributed by atoms with E-state index in [2.05, 4.69) is 40.7 Å². The van der Waals surface area contributed by atoms with Crippen molar-refractivity contribution in [3.8, 4) is 0 Å². The second-order valence-electron chi connectivity index (χ2n) is 6.39. The van der Waals surface area contributed by atoms with Gasteiger partial charge in [0.15, 0.2) is 0 Å². The number of carbonyl (C=O) groups excluding carboxylic acids is 1. The van der Waals surface area contributed by atoms with E-state index in [-0.39, 0.29) is 5.91 Å². The van der Waals surface area contributed by atoms with Gasteiger partial charge in [0.2, 0.25) is 5.91 Å². The number of benzene rings is 2. The van der Waals surface area contributed by atoms with Gasteiger partial charge in [-0.2, -0.15) is 0 Å². The fraction of sp³-hybridized carbons (Fsp3) is 0.333. The lowest BCUT2D eigenvalue weighted by atomic mass is 9.97. The van der Waals surface area contributed by atoms with Gasteiger partial charge in [-0.1, -0.05) is 42.5 Å². The van der Waals surface area contributed by atoms with Crippen LogP contribution in [0.2, 0.25) is 0 Å². The predicted molar refractivity (Wildman–Crippen MR) is 104 cm³/mol. The van der Waals surface area contributed by atoms with Crippen molar-refractivity contribution in [3.63, 3.8) is 0 Å². The van der Waals surface area contributed by atoms with Crippen molar-refractivity contribution in [2.45, 2.75) is 6.42 Å². The molecule has 0 saturated carbocycles. The number of piperazine rings is 1. The minimum absolute atomic E-state index is 0.209. The second-order valence-corrected chi connectivity index (χ2v) is 6.39. The van der Waals surface area contributed by atoms with Gasteiger partial charge < -0.3 is 4.90 Å². The highest BCUT2D eigenvalue weighted by molar-refractivity contribution is 6.02. The molecule has 0 spiro atoms. The fourth-order valence-electron chi connectivity index (χ4n) is 3.43. The number of hydrogen-bond donors (Lipinski definition) is 0. The van der Waals surface area contributed by atoms with Crippen molar-refractivity contribution in [2.24, 2.45) is 4.99 Å². The molecule has 0 unspecified atom stereocenters. The summed E-state index contributed by atoms with van der Waals surface area (Å²) in [5.41, 5.74) is 2.18. The average molecular weight is 335 g/mol. The molecular weight excluding hydrogens is 310 g/mol. The van der Waals surface area contributed by atoms with Crippen molar-refractivity contribution < 1.29 is 4.79 Å². The standard InChI is InChI=1S/C21H25N3O/c1-3-10-23-11-13-24(14-12-23)21(25)15-17-8-9-18(16-22-2)20-7-5-4-6-19(17)20/h3-9,16H,1,10-15H2,2H3. The van der Waals surface area contributed by atoms with Gasteiger partial charge >= 0.3 is 0 Å². The monoisotopic (exact) mass is 335 g/mol. The van der Waals surface area contributed by atoms with Crippen LogP contribution in [0.5, 0.6) is 0 Å². The molecule has 0 aromatic heterocycles.